The van der Waals surface area contributed by atoms with Crippen molar-refractivity contribution in [3.63, 3.8) is 0 Å². The first-order chi connectivity index (χ1) is 4.60. The fraction of sp³-hybridized carbons (Fsp3) is 0.875. The molecule has 0 saturated heterocycles. The molecule has 0 bridgehead atoms. The molecule has 0 amide bonds. The van der Waals surface area contributed by atoms with E-state index in [1.807, 2.05) is 0 Å². The topological polar surface area (TPSA) is 0 Å². The van der Waals surface area contributed by atoms with E-state index >= 15 is 0 Å². The quantitative estimate of drug-likeness (QED) is 0.462. The molecule has 1 aliphatic carbocycles. The molecule has 1 atom stereocenters. The van der Waals surface area contributed by atoms with Crippen molar-refractivity contribution < 1.29 is 8.78 Å². The lowest BCUT2D eigenvalue weighted by atomic mass is 10.0. The van der Waals surface area contributed by atoms with Crippen molar-refractivity contribution in [1.82, 2.24) is 0 Å². The molecule has 59 valence electrons. The first-order valence-corrected chi connectivity index (χ1v) is 3.81. The van der Waals surface area contributed by atoms with Gasteiger partial charge in [0.25, 0.3) is 0 Å². The van der Waals surface area contributed by atoms with Crippen molar-refractivity contribution >= 4 is 0 Å². The Morgan fingerprint density at radius 2 is 1.90 bits per heavy atom. The molecule has 10 heavy (non-hydrogen) atoms. The van der Waals surface area contributed by atoms with E-state index in [0.717, 1.165) is 6.42 Å². The molecule has 0 nitrogen and oxygen atoms in total. The minimum absolute atomic E-state index is 0.0428. The van der Waals surface area contributed by atoms with Gasteiger partial charge in [-0.2, -0.15) is 0 Å². The number of alkyl halides is 2. The highest BCUT2D eigenvalue weighted by Gasteiger charge is 2.30. The van der Waals surface area contributed by atoms with Gasteiger partial charge in [0.15, 0.2) is 0 Å². The van der Waals surface area contributed by atoms with E-state index in [-0.39, 0.29) is 18.8 Å². The summed E-state index contributed by atoms with van der Waals surface area (Å²) in [4.78, 5) is 0. The molecule has 1 rings (SSSR count). The fourth-order valence-corrected chi connectivity index (χ4v) is 1.33. The van der Waals surface area contributed by atoms with Crippen LogP contribution in [0.5, 0.6) is 0 Å². The van der Waals surface area contributed by atoms with Crippen LogP contribution in [0, 0.1) is 12.8 Å². The van der Waals surface area contributed by atoms with E-state index in [0.29, 0.717) is 12.8 Å². The third-order valence-corrected chi connectivity index (χ3v) is 2.07. The Morgan fingerprint density at radius 1 is 1.20 bits per heavy atom. The number of hydrogen-bond donors (Lipinski definition) is 0. The van der Waals surface area contributed by atoms with Gasteiger partial charge in [-0.3, -0.25) is 0 Å². The maximum absolute atomic E-state index is 12.6. The summed E-state index contributed by atoms with van der Waals surface area (Å²) in [5, 5.41) is 0. The second-order valence-electron chi connectivity index (χ2n) is 3.15. The van der Waals surface area contributed by atoms with E-state index < -0.39 is 5.92 Å². The molecular weight excluding hydrogens is 134 g/mol. The molecular formula is C8H13F2. The average molecular weight is 147 g/mol. The Kier molecular flexibility index (Phi) is 2.27. The Labute approximate surface area is 60.6 Å². The molecule has 1 radical (unpaired) electrons. The molecule has 1 unspecified atom stereocenters. The summed E-state index contributed by atoms with van der Waals surface area (Å²) in [6.07, 6.45) is 2.21. The minimum atomic E-state index is -2.40. The summed E-state index contributed by atoms with van der Waals surface area (Å²) in [5.41, 5.74) is 0. The van der Waals surface area contributed by atoms with Gasteiger partial charge in [0.1, 0.15) is 0 Å². The molecule has 0 heterocycles. The van der Waals surface area contributed by atoms with E-state index in [1.165, 1.54) is 0 Å². The van der Waals surface area contributed by atoms with Gasteiger partial charge >= 0.3 is 0 Å². The summed E-state index contributed by atoms with van der Waals surface area (Å²) in [7, 11) is 0. The van der Waals surface area contributed by atoms with Gasteiger partial charge in [-0.25, -0.2) is 8.78 Å². The Bertz CT molecular complexity index is 110. The van der Waals surface area contributed by atoms with Crippen molar-refractivity contribution in [3.05, 3.63) is 6.92 Å². The Balaban J connectivity index is 2.41. The van der Waals surface area contributed by atoms with Crippen LogP contribution < -0.4 is 0 Å². The van der Waals surface area contributed by atoms with Crippen LogP contribution in [0.3, 0.4) is 0 Å². The fourth-order valence-electron chi connectivity index (χ4n) is 1.33. The van der Waals surface area contributed by atoms with Gasteiger partial charge < -0.3 is 0 Å². The van der Waals surface area contributed by atoms with Crippen molar-refractivity contribution in [2.75, 3.05) is 0 Å². The summed E-state index contributed by atoms with van der Waals surface area (Å²) in [6.45, 7) is 3.79. The van der Waals surface area contributed by atoms with Crippen LogP contribution >= 0.6 is 0 Å². The molecule has 0 aromatic heterocycles. The number of halogens is 2. The van der Waals surface area contributed by atoms with E-state index in [1.54, 1.807) is 0 Å². The van der Waals surface area contributed by atoms with E-state index in [4.69, 9.17) is 0 Å². The summed E-state index contributed by atoms with van der Waals surface area (Å²) in [6, 6.07) is 0. The maximum atomic E-state index is 12.6. The van der Waals surface area contributed by atoms with Crippen LogP contribution in [0.1, 0.15) is 32.1 Å². The predicted octanol–water partition coefficient (Wildman–Crippen LogP) is 3.04. The summed E-state index contributed by atoms with van der Waals surface area (Å²) >= 11 is 0. The van der Waals surface area contributed by atoms with Crippen molar-refractivity contribution in [2.24, 2.45) is 5.92 Å². The standard InChI is InChI=1S/C8H13F2/c1-7-3-2-5-8(9,10)6-4-7/h7H,1-6H2. The van der Waals surface area contributed by atoms with E-state index in [2.05, 4.69) is 6.92 Å². The van der Waals surface area contributed by atoms with Crippen LogP contribution in [0.25, 0.3) is 0 Å². The molecule has 0 aromatic rings. The Hall–Kier alpha value is -0.140. The second kappa shape index (κ2) is 2.85. The zero-order chi connectivity index (χ0) is 7.61. The third-order valence-electron chi connectivity index (χ3n) is 2.07. The third kappa shape index (κ3) is 2.24. The summed E-state index contributed by atoms with van der Waals surface area (Å²) < 4.78 is 25.2. The monoisotopic (exact) mass is 147 g/mol. The normalized spacial score (nSPS) is 33.3. The van der Waals surface area contributed by atoms with E-state index in [9.17, 15) is 8.78 Å². The van der Waals surface area contributed by atoms with Crippen molar-refractivity contribution in [3.8, 4) is 0 Å². The molecule has 1 aliphatic rings. The molecule has 0 spiro atoms. The average Bonchev–Trinajstić information content (AvgIpc) is 1.94. The van der Waals surface area contributed by atoms with Gasteiger partial charge in [0.2, 0.25) is 5.92 Å². The highest BCUT2D eigenvalue weighted by Crippen LogP contribution is 2.33. The summed E-state index contributed by atoms with van der Waals surface area (Å²) in [5.74, 6) is -2.14. The lowest BCUT2D eigenvalue weighted by molar-refractivity contribution is -0.0144. The highest BCUT2D eigenvalue weighted by atomic mass is 19.3. The van der Waals surface area contributed by atoms with Gasteiger partial charge in [0, 0.05) is 12.8 Å². The zero-order valence-electron chi connectivity index (χ0n) is 6.08. The number of rotatable bonds is 0. The van der Waals surface area contributed by atoms with Crippen LogP contribution in [0.15, 0.2) is 0 Å². The van der Waals surface area contributed by atoms with Gasteiger partial charge in [-0.1, -0.05) is 13.3 Å². The minimum Gasteiger partial charge on any atom is -0.207 e. The molecule has 1 saturated carbocycles. The van der Waals surface area contributed by atoms with Crippen LogP contribution in [0.2, 0.25) is 0 Å². The second-order valence-corrected chi connectivity index (χ2v) is 3.15. The van der Waals surface area contributed by atoms with Crippen LogP contribution in [-0.2, 0) is 0 Å². The Morgan fingerprint density at radius 3 is 2.60 bits per heavy atom. The SMILES string of the molecule is [CH2]C1CCCC(F)(F)CC1. The predicted molar refractivity (Wildman–Crippen MR) is 36.9 cm³/mol. The van der Waals surface area contributed by atoms with Gasteiger partial charge in [0.05, 0.1) is 0 Å². The molecule has 0 aliphatic heterocycles. The molecule has 2 heteroatoms. The lowest BCUT2D eigenvalue weighted by Gasteiger charge is -2.11. The molecule has 0 aromatic carbocycles. The maximum Gasteiger partial charge on any atom is 0.248 e. The number of hydrogen-bond acceptors (Lipinski definition) is 0. The first kappa shape index (κ1) is 7.96. The lowest BCUT2D eigenvalue weighted by Crippen LogP contribution is -2.13. The smallest absolute Gasteiger partial charge is 0.207 e. The zero-order valence-corrected chi connectivity index (χ0v) is 6.08. The van der Waals surface area contributed by atoms with Crippen LogP contribution in [-0.4, -0.2) is 5.92 Å². The van der Waals surface area contributed by atoms with Crippen molar-refractivity contribution in [1.29, 1.82) is 0 Å². The molecule has 0 N–H and O–H groups in total. The highest BCUT2D eigenvalue weighted by molar-refractivity contribution is 4.75. The van der Waals surface area contributed by atoms with Crippen molar-refractivity contribution in [2.45, 2.75) is 38.0 Å². The van der Waals surface area contributed by atoms with Crippen LogP contribution in [0.4, 0.5) is 8.78 Å². The first-order valence-electron chi connectivity index (χ1n) is 3.81. The largest absolute Gasteiger partial charge is 0.248 e. The van der Waals surface area contributed by atoms with Gasteiger partial charge in [-0.05, 0) is 18.8 Å². The van der Waals surface area contributed by atoms with Gasteiger partial charge in [-0.15, -0.1) is 0 Å². The molecule has 1 fully saturated rings.